The van der Waals surface area contributed by atoms with Crippen LogP contribution in [0.4, 0.5) is 5.69 Å². The quantitative estimate of drug-likeness (QED) is 0.661. The van der Waals surface area contributed by atoms with Crippen LogP contribution < -0.4 is 10.6 Å². The van der Waals surface area contributed by atoms with Crippen LogP contribution in [0.15, 0.2) is 42.5 Å². The van der Waals surface area contributed by atoms with Crippen LogP contribution in [0.25, 0.3) is 0 Å². The highest BCUT2D eigenvalue weighted by molar-refractivity contribution is 7.91. The van der Waals surface area contributed by atoms with Crippen molar-refractivity contribution >= 4 is 21.4 Å². The number of hydrogen-bond donors (Lipinski definition) is 2. The molecule has 1 aliphatic carbocycles. The number of benzene rings is 2. The standard InChI is InChI=1S/C24H32N2O3S/c1-17(2)30(28,29)16-19-7-6-10-23(13-19)25-15-24(27)26-18(3)21-12-11-20-8-4-5-9-22(20)14-21/h6-7,10-14,17-18,25H,4-5,8-9,15-16H2,1-3H3,(H,26,27). The van der Waals surface area contributed by atoms with Gasteiger partial charge in [-0.2, -0.15) is 0 Å². The van der Waals surface area contributed by atoms with Crippen LogP contribution in [0.3, 0.4) is 0 Å². The molecule has 0 fully saturated rings. The minimum absolute atomic E-state index is 0.00173. The molecule has 0 saturated heterocycles. The summed E-state index contributed by atoms with van der Waals surface area (Å²) in [6.07, 6.45) is 4.76. The highest BCUT2D eigenvalue weighted by atomic mass is 32.2. The number of carbonyl (C=O) groups excluding carboxylic acids is 1. The second-order valence-corrected chi connectivity index (χ2v) is 11.0. The molecule has 1 unspecified atom stereocenters. The lowest BCUT2D eigenvalue weighted by molar-refractivity contribution is -0.120. The lowest BCUT2D eigenvalue weighted by Crippen LogP contribution is -2.32. The summed E-state index contributed by atoms with van der Waals surface area (Å²) < 4.78 is 24.3. The van der Waals surface area contributed by atoms with E-state index >= 15 is 0 Å². The van der Waals surface area contributed by atoms with Gasteiger partial charge in [-0.25, -0.2) is 8.42 Å². The van der Waals surface area contributed by atoms with E-state index < -0.39 is 15.1 Å². The zero-order valence-electron chi connectivity index (χ0n) is 18.1. The van der Waals surface area contributed by atoms with Gasteiger partial charge in [-0.05, 0) is 80.8 Å². The molecule has 2 aromatic rings. The van der Waals surface area contributed by atoms with Gasteiger partial charge in [-0.1, -0.05) is 30.3 Å². The second-order valence-electron chi connectivity index (χ2n) is 8.43. The van der Waals surface area contributed by atoms with Crippen LogP contribution in [0.2, 0.25) is 0 Å². The molecule has 1 atom stereocenters. The Morgan fingerprint density at radius 3 is 2.47 bits per heavy atom. The summed E-state index contributed by atoms with van der Waals surface area (Å²) in [5, 5.41) is 5.73. The lowest BCUT2D eigenvalue weighted by atomic mass is 9.89. The predicted molar refractivity (Wildman–Crippen MR) is 122 cm³/mol. The van der Waals surface area contributed by atoms with Gasteiger partial charge in [0.25, 0.3) is 0 Å². The molecule has 0 saturated carbocycles. The van der Waals surface area contributed by atoms with Gasteiger partial charge in [-0.3, -0.25) is 4.79 Å². The first-order valence-electron chi connectivity index (χ1n) is 10.7. The zero-order valence-corrected chi connectivity index (χ0v) is 18.9. The molecule has 0 spiro atoms. The first kappa shape index (κ1) is 22.3. The molecule has 2 N–H and O–H groups in total. The molecule has 6 heteroatoms. The molecule has 0 bridgehead atoms. The third-order valence-electron chi connectivity index (χ3n) is 5.72. The van der Waals surface area contributed by atoms with Crippen molar-refractivity contribution < 1.29 is 13.2 Å². The summed E-state index contributed by atoms with van der Waals surface area (Å²) in [7, 11) is -3.16. The SMILES string of the molecule is CC(NC(=O)CNc1cccc(CS(=O)(=O)C(C)C)c1)c1ccc2c(c1)CCCC2. The number of fused-ring (bicyclic) bond motifs is 1. The van der Waals surface area contributed by atoms with E-state index in [0.29, 0.717) is 0 Å². The van der Waals surface area contributed by atoms with Gasteiger partial charge in [0.1, 0.15) is 0 Å². The van der Waals surface area contributed by atoms with Gasteiger partial charge in [0.05, 0.1) is 23.6 Å². The summed E-state index contributed by atoms with van der Waals surface area (Å²) in [5.41, 5.74) is 5.43. The van der Waals surface area contributed by atoms with E-state index in [4.69, 9.17) is 0 Å². The summed E-state index contributed by atoms with van der Waals surface area (Å²) in [6, 6.07) is 13.7. The van der Waals surface area contributed by atoms with E-state index in [-0.39, 0.29) is 24.2 Å². The van der Waals surface area contributed by atoms with Crippen molar-refractivity contribution in [1.29, 1.82) is 0 Å². The molecule has 30 heavy (non-hydrogen) atoms. The molecule has 1 aliphatic rings. The highest BCUT2D eigenvalue weighted by Gasteiger charge is 2.17. The average molecular weight is 429 g/mol. The Bertz CT molecular complexity index is 999. The maximum Gasteiger partial charge on any atom is 0.239 e. The third kappa shape index (κ3) is 5.85. The van der Waals surface area contributed by atoms with Crippen molar-refractivity contribution in [1.82, 2.24) is 5.32 Å². The molecule has 162 valence electrons. The summed E-state index contributed by atoms with van der Waals surface area (Å²) in [4.78, 5) is 12.4. The van der Waals surface area contributed by atoms with Crippen molar-refractivity contribution in [2.75, 3.05) is 11.9 Å². The van der Waals surface area contributed by atoms with E-state index in [1.54, 1.807) is 32.0 Å². The van der Waals surface area contributed by atoms with Gasteiger partial charge in [0.15, 0.2) is 9.84 Å². The van der Waals surface area contributed by atoms with Crippen LogP contribution in [0.5, 0.6) is 0 Å². The van der Waals surface area contributed by atoms with E-state index in [1.807, 2.05) is 13.0 Å². The van der Waals surface area contributed by atoms with Crippen LogP contribution in [-0.4, -0.2) is 26.1 Å². The van der Waals surface area contributed by atoms with E-state index in [9.17, 15) is 13.2 Å². The maximum absolute atomic E-state index is 12.4. The average Bonchev–Trinajstić information content (AvgIpc) is 2.71. The van der Waals surface area contributed by atoms with Gasteiger partial charge in [0, 0.05) is 5.69 Å². The monoisotopic (exact) mass is 428 g/mol. The van der Waals surface area contributed by atoms with E-state index in [0.717, 1.165) is 29.7 Å². The minimum Gasteiger partial charge on any atom is -0.376 e. The number of nitrogens with one attached hydrogen (secondary N) is 2. The van der Waals surface area contributed by atoms with Crippen molar-refractivity contribution in [2.24, 2.45) is 0 Å². The molecule has 3 rings (SSSR count). The van der Waals surface area contributed by atoms with Crippen molar-refractivity contribution in [3.63, 3.8) is 0 Å². The minimum atomic E-state index is -3.16. The van der Waals surface area contributed by atoms with Crippen LogP contribution in [0, 0.1) is 0 Å². The van der Waals surface area contributed by atoms with Gasteiger partial charge in [0.2, 0.25) is 5.91 Å². The number of anilines is 1. The normalized spacial score (nSPS) is 14.8. The van der Waals surface area contributed by atoms with Gasteiger partial charge < -0.3 is 10.6 Å². The fourth-order valence-electron chi connectivity index (χ4n) is 3.75. The van der Waals surface area contributed by atoms with Crippen molar-refractivity contribution in [2.45, 2.75) is 63.5 Å². The Labute approximate surface area is 180 Å². The number of amides is 1. The number of hydrogen-bond acceptors (Lipinski definition) is 4. The van der Waals surface area contributed by atoms with Gasteiger partial charge >= 0.3 is 0 Å². The number of aryl methyl sites for hydroxylation is 2. The number of rotatable bonds is 8. The lowest BCUT2D eigenvalue weighted by Gasteiger charge is -2.20. The molecule has 0 radical (unpaired) electrons. The Hall–Kier alpha value is -2.34. The smallest absolute Gasteiger partial charge is 0.239 e. The molecule has 0 aliphatic heterocycles. The maximum atomic E-state index is 12.4. The molecule has 5 nitrogen and oxygen atoms in total. The third-order valence-corrected chi connectivity index (χ3v) is 7.89. The Kier molecular flexibility index (Phi) is 7.19. The molecular formula is C24H32N2O3S. The first-order valence-corrected chi connectivity index (χ1v) is 12.4. The zero-order chi connectivity index (χ0) is 21.7. The van der Waals surface area contributed by atoms with Crippen LogP contribution in [-0.2, 0) is 33.2 Å². The van der Waals surface area contributed by atoms with Crippen LogP contribution in [0.1, 0.15) is 61.9 Å². The number of carbonyl (C=O) groups is 1. The Morgan fingerprint density at radius 2 is 1.73 bits per heavy atom. The Morgan fingerprint density at radius 1 is 1.00 bits per heavy atom. The summed E-state index contributed by atoms with van der Waals surface area (Å²) in [5.74, 6) is -0.0951. The second kappa shape index (κ2) is 9.65. The van der Waals surface area contributed by atoms with Gasteiger partial charge in [-0.15, -0.1) is 0 Å². The fourth-order valence-corrected chi connectivity index (χ4v) is 4.73. The summed E-state index contributed by atoms with van der Waals surface area (Å²) >= 11 is 0. The van der Waals surface area contributed by atoms with Crippen LogP contribution >= 0.6 is 0 Å². The molecule has 0 aromatic heterocycles. The highest BCUT2D eigenvalue weighted by Crippen LogP contribution is 2.24. The van der Waals surface area contributed by atoms with Crippen molar-refractivity contribution in [3.8, 4) is 0 Å². The first-order chi connectivity index (χ1) is 14.2. The topological polar surface area (TPSA) is 75.3 Å². The molecular weight excluding hydrogens is 396 g/mol. The molecule has 1 amide bonds. The van der Waals surface area contributed by atoms with E-state index in [1.165, 1.54) is 24.0 Å². The van der Waals surface area contributed by atoms with E-state index in [2.05, 4.69) is 28.8 Å². The van der Waals surface area contributed by atoms with Crippen molar-refractivity contribution in [3.05, 3.63) is 64.7 Å². The fraction of sp³-hybridized carbons (Fsp3) is 0.458. The molecule has 0 heterocycles. The predicted octanol–water partition coefficient (Wildman–Crippen LogP) is 4.18. The Balaban J connectivity index is 1.55. The largest absolute Gasteiger partial charge is 0.376 e. The number of sulfone groups is 1. The molecule has 2 aromatic carbocycles. The summed E-state index contributed by atoms with van der Waals surface area (Å²) in [6.45, 7) is 5.51.